The van der Waals surface area contributed by atoms with Gasteiger partial charge in [0.25, 0.3) is 5.91 Å². The first kappa shape index (κ1) is 10.5. The fraction of sp³-hybridized carbons (Fsp3) is 0.250. The van der Waals surface area contributed by atoms with Gasteiger partial charge in [-0.25, -0.2) is 0 Å². The van der Waals surface area contributed by atoms with Gasteiger partial charge in [-0.15, -0.1) is 0 Å². The molecule has 0 aliphatic rings. The Hall–Kier alpha value is -1.57. The van der Waals surface area contributed by atoms with Gasteiger partial charge < -0.3 is 4.90 Å². The summed E-state index contributed by atoms with van der Waals surface area (Å²) in [6.07, 6.45) is 1.92. The normalized spacial score (nSPS) is 11.2. The van der Waals surface area contributed by atoms with E-state index in [-0.39, 0.29) is 5.91 Å². The smallest absolute Gasteiger partial charge is 0.257 e. The Kier molecular flexibility index (Phi) is 3.46. The third-order valence-corrected chi connectivity index (χ3v) is 2.27. The van der Waals surface area contributed by atoms with Crippen LogP contribution in [0.5, 0.6) is 0 Å². The molecule has 1 aromatic carbocycles. The number of hydrogen-bond donors (Lipinski definition) is 0. The zero-order valence-corrected chi connectivity index (χ0v) is 8.82. The quantitative estimate of drug-likeness (QED) is 0.700. The predicted molar refractivity (Wildman–Crippen MR) is 58.0 cm³/mol. The van der Waals surface area contributed by atoms with Crippen molar-refractivity contribution in [1.29, 1.82) is 0 Å². The second-order valence-corrected chi connectivity index (χ2v) is 3.16. The van der Waals surface area contributed by atoms with Gasteiger partial charge >= 0.3 is 0 Å². The molecule has 0 unspecified atom stereocenters. The zero-order valence-electron chi connectivity index (χ0n) is 8.82. The number of benzene rings is 1. The molecule has 0 fully saturated rings. The van der Waals surface area contributed by atoms with Crippen LogP contribution in [0.3, 0.4) is 0 Å². The van der Waals surface area contributed by atoms with Crippen LogP contribution >= 0.6 is 0 Å². The lowest BCUT2D eigenvalue weighted by molar-refractivity contribution is 0.0836. The third kappa shape index (κ3) is 2.22. The molecule has 0 aliphatic heterocycles. The van der Waals surface area contributed by atoms with Crippen LogP contribution in [0.4, 0.5) is 0 Å². The largest absolute Gasteiger partial charge is 0.316 e. The van der Waals surface area contributed by atoms with Crippen LogP contribution in [0.1, 0.15) is 24.2 Å². The average molecular weight is 189 g/mol. The molecule has 0 N–H and O–H groups in total. The topological polar surface area (TPSA) is 20.3 Å². The molecule has 1 amide bonds. The number of carbonyl (C=O) groups is 1. The Morgan fingerprint density at radius 1 is 1.29 bits per heavy atom. The van der Waals surface area contributed by atoms with Crippen LogP contribution in [0, 0.1) is 0 Å². The van der Waals surface area contributed by atoms with Gasteiger partial charge in [0, 0.05) is 18.3 Å². The van der Waals surface area contributed by atoms with Crippen molar-refractivity contribution < 1.29 is 4.79 Å². The highest BCUT2D eigenvalue weighted by atomic mass is 16.2. The van der Waals surface area contributed by atoms with Crippen molar-refractivity contribution in [2.75, 3.05) is 7.05 Å². The average Bonchev–Trinajstić information content (AvgIpc) is 2.27. The Morgan fingerprint density at radius 2 is 1.86 bits per heavy atom. The summed E-state index contributed by atoms with van der Waals surface area (Å²) in [4.78, 5) is 13.5. The molecule has 0 aromatic heterocycles. The minimum Gasteiger partial charge on any atom is -0.316 e. The molecule has 0 bridgehead atoms. The van der Waals surface area contributed by atoms with E-state index in [0.29, 0.717) is 0 Å². The lowest BCUT2D eigenvalue weighted by atomic mass is 10.2. The van der Waals surface area contributed by atoms with Gasteiger partial charge in [-0.1, -0.05) is 24.3 Å². The van der Waals surface area contributed by atoms with Crippen molar-refractivity contribution in [1.82, 2.24) is 4.90 Å². The minimum atomic E-state index is 0.0289. The van der Waals surface area contributed by atoms with Crippen LogP contribution < -0.4 is 0 Å². The summed E-state index contributed by atoms with van der Waals surface area (Å²) in [6.45, 7) is 3.84. The first-order chi connectivity index (χ1) is 6.66. The van der Waals surface area contributed by atoms with Crippen LogP contribution in [-0.2, 0) is 0 Å². The molecule has 1 aromatic rings. The van der Waals surface area contributed by atoms with E-state index in [1.165, 1.54) is 0 Å². The van der Waals surface area contributed by atoms with E-state index in [9.17, 15) is 4.79 Å². The SMILES string of the molecule is CC=C(C)N(C)C(=O)c1ccccc1. The second-order valence-electron chi connectivity index (χ2n) is 3.16. The molecule has 0 radical (unpaired) electrons. The third-order valence-electron chi connectivity index (χ3n) is 2.27. The lowest BCUT2D eigenvalue weighted by Crippen LogP contribution is -2.24. The molecule has 0 spiro atoms. The Balaban J connectivity index is 2.87. The van der Waals surface area contributed by atoms with Crippen molar-refractivity contribution in [3.05, 3.63) is 47.7 Å². The van der Waals surface area contributed by atoms with E-state index >= 15 is 0 Å². The highest BCUT2D eigenvalue weighted by Crippen LogP contribution is 2.07. The van der Waals surface area contributed by atoms with Crippen LogP contribution in [0.2, 0.25) is 0 Å². The standard InChI is InChI=1S/C12H15NO/c1-4-10(2)13(3)12(14)11-8-6-5-7-9-11/h4-9H,1-3H3. The number of rotatable bonds is 2. The monoisotopic (exact) mass is 189 g/mol. The molecule has 0 atom stereocenters. The molecule has 74 valence electrons. The van der Waals surface area contributed by atoms with E-state index in [1.807, 2.05) is 50.3 Å². The summed E-state index contributed by atoms with van der Waals surface area (Å²) in [7, 11) is 1.78. The Bertz CT molecular complexity index is 341. The molecule has 0 saturated carbocycles. The van der Waals surface area contributed by atoms with Gasteiger partial charge in [-0.05, 0) is 26.0 Å². The van der Waals surface area contributed by atoms with Crippen LogP contribution in [0.15, 0.2) is 42.1 Å². The van der Waals surface area contributed by atoms with Gasteiger partial charge in [0.1, 0.15) is 0 Å². The summed E-state index contributed by atoms with van der Waals surface area (Å²) in [5.41, 5.74) is 1.68. The molecular weight excluding hydrogens is 174 g/mol. The zero-order chi connectivity index (χ0) is 10.6. The van der Waals surface area contributed by atoms with Crippen molar-refractivity contribution in [2.45, 2.75) is 13.8 Å². The van der Waals surface area contributed by atoms with Crippen LogP contribution in [0.25, 0.3) is 0 Å². The Morgan fingerprint density at radius 3 is 2.36 bits per heavy atom. The molecule has 0 aliphatic carbocycles. The van der Waals surface area contributed by atoms with E-state index in [2.05, 4.69) is 0 Å². The van der Waals surface area contributed by atoms with Gasteiger partial charge in [-0.2, -0.15) is 0 Å². The van der Waals surface area contributed by atoms with E-state index in [4.69, 9.17) is 0 Å². The highest BCUT2D eigenvalue weighted by molar-refractivity contribution is 5.95. The molecular formula is C12H15NO. The molecule has 14 heavy (non-hydrogen) atoms. The Labute approximate surface area is 84.9 Å². The van der Waals surface area contributed by atoms with Gasteiger partial charge in [0.2, 0.25) is 0 Å². The molecule has 0 saturated heterocycles. The van der Waals surface area contributed by atoms with Crippen LogP contribution in [-0.4, -0.2) is 17.9 Å². The predicted octanol–water partition coefficient (Wildman–Crippen LogP) is 2.68. The van der Waals surface area contributed by atoms with E-state index in [0.717, 1.165) is 11.3 Å². The summed E-state index contributed by atoms with van der Waals surface area (Å²) >= 11 is 0. The molecule has 2 heteroatoms. The van der Waals surface area contributed by atoms with Crippen molar-refractivity contribution >= 4 is 5.91 Å². The van der Waals surface area contributed by atoms with Gasteiger partial charge in [0.15, 0.2) is 0 Å². The summed E-state index contributed by atoms with van der Waals surface area (Å²) in [5, 5.41) is 0. The highest BCUT2D eigenvalue weighted by Gasteiger charge is 2.11. The number of amides is 1. The maximum atomic E-state index is 11.8. The van der Waals surface area contributed by atoms with E-state index < -0.39 is 0 Å². The summed E-state index contributed by atoms with van der Waals surface area (Å²) in [5.74, 6) is 0.0289. The van der Waals surface area contributed by atoms with Crippen molar-refractivity contribution in [2.24, 2.45) is 0 Å². The molecule has 2 nitrogen and oxygen atoms in total. The maximum absolute atomic E-state index is 11.8. The number of hydrogen-bond acceptors (Lipinski definition) is 1. The number of carbonyl (C=O) groups excluding carboxylic acids is 1. The number of nitrogens with zero attached hydrogens (tertiary/aromatic N) is 1. The minimum absolute atomic E-state index is 0.0289. The van der Waals surface area contributed by atoms with Crippen molar-refractivity contribution in [3.8, 4) is 0 Å². The van der Waals surface area contributed by atoms with E-state index in [1.54, 1.807) is 11.9 Å². The fourth-order valence-electron chi connectivity index (χ4n) is 1.13. The molecule has 0 heterocycles. The first-order valence-electron chi connectivity index (χ1n) is 4.63. The van der Waals surface area contributed by atoms with Crippen molar-refractivity contribution in [3.63, 3.8) is 0 Å². The summed E-state index contributed by atoms with van der Waals surface area (Å²) < 4.78 is 0. The second kappa shape index (κ2) is 4.61. The van der Waals surface area contributed by atoms with Gasteiger partial charge in [0.05, 0.1) is 0 Å². The van der Waals surface area contributed by atoms with Gasteiger partial charge in [-0.3, -0.25) is 4.79 Å². The maximum Gasteiger partial charge on any atom is 0.257 e. The summed E-state index contributed by atoms with van der Waals surface area (Å²) in [6, 6.07) is 9.28. The molecule has 1 rings (SSSR count). The first-order valence-corrected chi connectivity index (χ1v) is 4.63. The fourth-order valence-corrected chi connectivity index (χ4v) is 1.13. The number of allylic oxidation sites excluding steroid dienone is 2. The lowest BCUT2D eigenvalue weighted by Gasteiger charge is -2.17.